The van der Waals surface area contributed by atoms with E-state index in [1.807, 2.05) is 24.3 Å². The van der Waals surface area contributed by atoms with Crippen molar-refractivity contribution in [1.29, 1.82) is 0 Å². The lowest BCUT2D eigenvalue weighted by molar-refractivity contribution is 0.0595. The van der Waals surface area contributed by atoms with Crippen LogP contribution in [0.4, 0.5) is 5.69 Å². The lowest BCUT2D eigenvalue weighted by atomic mass is 10.2. The predicted molar refractivity (Wildman–Crippen MR) is 83.6 cm³/mol. The number of nitrogens with zero attached hydrogens (tertiary/aromatic N) is 1. The maximum atomic E-state index is 11.7. The Labute approximate surface area is 131 Å². The molecule has 0 atom stereocenters. The SMILES string of the molecule is COC(=O)c1ncc(Br)cc1NCc1ccc(OC)cc1. The Balaban J connectivity index is 2.14. The van der Waals surface area contributed by atoms with E-state index in [4.69, 9.17) is 9.47 Å². The quantitative estimate of drug-likeness (QED) is 0.838. The Kier molecular flexibility index (Phi) is 5.16. The molecule has 5 nitrogen and oxygen atoms in total. The fourth-order valence-corrected chi connectivity index (χ4v) is 2.11. The lowest BCUT2D eigenvalue weighted by Crippen LogP contribution is -2.10. The number of hydrogen-bond acceptors (Lipinski definition) is 5. The summed E-state index contributed by atoms with van der Waals surface area (Å²) in [6.45, 7) is 0.562. The Bertz CT molecular complexity index is 629. The molecule has 1 heterocycles. The molecule has 0 aliphatic heterocycles. The third kappa shape index (κ3) is 3.95. The van der Waals surface area contributed by atoms with Crippen LogP contribution in [0.25, 0.3) is 0 Å². The molecule has 21 heavy (non-hydrogen) atoms. The Hall–Kier alpha value is -2.08. The van der Waals surface area contributed by atoms with Crippen LogP contribution in [-0.4, -0.2) is 25.2 Å². The van der Waals surface area contributed by atoms with Crippen molar-refractivity contribution in [3.05, 3.63) is 52.3 Å². The van der Waals surface area contributed by atoms with Crippen molar-refractivity contribution in [2.24, 2.45) is 0 Å². The van der Waals surface area contributed by atoms with Gasteiger partial charge in [-0.15, -0.1) is 0 Å². The number of hydrogen-bond donors (Lipinski definition) is 1. The summed E-state index contributed by atoms with van der Waals surface area (Å²) in [5.74, 6) is 0.331. The van der Waals surface area contributed by atoms with E-state index in [2.05, 4.69) is 26.2 Å². The first-order valence-corrected chi connectivity index (χ1v) is 7.04. The molecule has 1 aromatic heterocycles. The van der Waals surface area contributed by atoms with Crippen LogP contribution in [0.2, 0.25) is 0 Å². The van der Waals surface area contributed by atoms with Crippen LogP contribution in [0.1, 0.15) is 16.1 Å². The minimum Gasteiger partial charge on any atom is -0.497 e. The largest absolute Gasteiger partial charge is 0.497 e. The number of methoxy groups -OCH3 is 2. The maximum Gasteiger partial charge on any atom is 0.358 e. The van der Waals surface area contributed by atoms with Crippen molar-refractivity contribution in [3.63, 3.8) is 0 Å². The van der Waals surface area contributed by atoms with Gasteiger partial charge < -0.3 is 14.8 Å². The number of pyridine rings is 1. The van der Waals surface area contributed by atoms with Crippen molar-refractivity contribution in [1.82, 2.24) is 4.98 Å². The number of ether oxygens (including phenoxy) is 2. The second-order valence-electron chi connectivity index (χ2n) is 4.24. The molecule has 1 aromatic carbocycles. The summed E-state index contributed by atoms with van der Waals surface area (Å²) in [6, 6.07) is 9.47. The van der Waals surface area contributed by atoms with Gasteiger partial charge in [-0.25, -0.2) is 9.78 Å². The first-order valence-electron chi connectivity index (χ1n) is 6.24. The standard InChI is InChI=1S/C15H15BrN2O3/c1-20-12-5-3-10(4-6-12)8-17-13-7-11(16)9-18-14(13)15(19)21-2/h3-7,9,17H,8H2,1-2H3. The van der Waals surface area contributed by atoms with E-state index in [-0.39, 0.29) is 5.69 Å². The summed E-state index contributed by atoms with van der Waals surface area (Å²) in [7, 11) is 2.96. The third-order valence-electron chi connectivity index (χ3n) is 2.88. The topological polar surface area (TPSA) is 60.5 Å². The van der Waals surface area contributed by atoms with Crippen molar-refractivity contribution in [3.8, 4) is 5.75 Å². The van der Waals surface area contributed by atoms with Gasteiger partial charge in [0.1, 0.15) is 5.75 Å². The van der Waals surface area contributed by atoms with E-state index in [0.29, 0.717) is 12.2 Å². The molecule has 0 unspecified atom stereocenters. The van der Waals surface area contributed by atoms with E-state index in [1.54, 1.807) is 19.4 Å². The average molecular weight is 351 g/mol. The summed E-state index contributed by atoms with van der Waals surface area (Å²) in [5.41, 5.74) is 1.94. The van der Waals surface area contributed by atoms with Crippen LogP contribution in [0.3, 0.4) is 0 Å². The van der Waals surface area contributed by atoms with E-state index < -0.39 is 5.97 Å². The molecule has 110 valence electrons. The van der Waals surface area contributed by atoms with Crippen molar-refractivity contribution < 1.29 is 14.3 Å². The number of nitrogens with one attached hydrogen (secondary N) is 1. The van der Waals surface area contributed by atoms with Gasteiger partial charge in [-0.3, -0.25) is 0 Å². The lowest BCUT2D eigenvalue weighted by Gasteiger charge is -2.11. The molecule has 1 N–H and O–H groups in total. The third-order valence-corrected chi connectivity index (χ3v) is 3.31. The molecule has 0 fully saturated rings. The van der Waals surface area contributed by atoms with Crippen molar-refractivity contribution in [2.75, 3.05) is 19.5 Å². The van der Waals surface area contributed by atoms with E-state index >= 15 is 0 Å². The Morgan fingerprint density at radius 3 is 2.62 bits per heavy atom. The van der Waals surface area contributed by atoms with E-state index in [0.717, 1.165) is 15.8 Å². The fraction of sp³-hybridized carbons (Fsp3) is 0.200. The van der Waals surface area contributed by atoms with Gasteiger partial charge in [-0.1, -0.05) is 12.1 Å². The molecular weight excluding hydrogens is 336 g/mol. The molecule has 0 radical (unpaired) electrons. The minimum absolute atomic E-state index is 0.259. The fourth-order valence-electron chi connectivity index (χ4n) is 1.77. The highest BCUT2D eigenvalue weighted by Crippen LogP contribution is 2.21. The molecule has 0 bridgehead atoms. The van der Waals surface area contributed by atoms with Crippen molar-refractivity contribution in [2.45, 2.75) is 6.54 Å². The molecule has 0 aliphatic carbocycles. The van der Waals surface area contributed by atoms with Gasteiger partial charge in [0.2, 0.25) is 0 Å². The summed E-state index contributed by atoms with van der Waals surface area (Å²) in [5, 5.41) is 3.19. The van der Waals surface area contributed by atoms with Gasteiger partial charge in [-0.05, 0) is 39.7 Å². The van der Waals surface area contributed by atoms with Crippen LogP contribution < -0.4 is 10.1 Å². The van der Waals surface area contributed by atoms with Crippen LogP contribution in [0.5, 0.6) is 5.75 Å². The second-order valence-corrected chi connectivity index (χ2v) is 5.16. The first kappa shape index (κ1) is 15.3. The number of benzene rings is 1. The van der Waals surface area contributed by atoms with Crippen LogP contribution in [0.15, 0.2) is 41.0 Å². The van der Waals surface area contributed by atoms with Gasteiger partial charge in [0.05, 0.1) is 19.9 Å². The summed E-state index contributed by atoms with van der Waals surface area (Å²) in [4.78, 5) is 15.8. The number of anilines is 1. The Morgan fingerprint density at radius 2 is 2.00 bits per heavy atom. The molecule has 0 amide bonds. The zero-order valence-corrected chi connectivity index (χ0v) is 13.3. The Morgan fingerprint density at radius 1 is 1.29 bits per heavy atom. The van der Waals surface area contributed by atoms with Crippen molar-refractivity contribution >= 4 is 27.6 Å². The zero-order chi connectivity index (χ0) is 15.2. The average Bonchev–Trinajstić information content (AvgIpc) is 2.52. The predicted octanol–water partition coefficient (Wildman–Crippen LogP) is 3.25. The summed E-state index contributed by atoms with van der Waals surface area (Å²) < 4.78 is 10.6. The molecule has 0 aliphatic rings. The number of esters is 1. The number of halogens is 1. The number of carbonyl (C=O) groups is 1. The molecule has 0 saturated heterocycles. The molecular formula is C15H15BrN2O3. The maximum absolute atomic E-state index is 11.7. The highest BCUT2D eigenvalue weighted by molar-refractivity contribution is 9.10. The molecule has 6 heteroatoms. The van der Waals surface area contributed by atoms with Gasteiger partial charge in [0.15, 0.2) is 5.69 Å². The van der Waals surface area contributed by atoms with E-state index in [1.165, 1.54) is 7.11 Å². The monoisotopic (exact) mass is 350 g/mol. The molecule has 0 spiro atoms. The smallest absolute Gasteiger partial charge is 0.358 e. The number of aromatic nitrogens is 1. The van der Waals surface area contributed by atoms with Crippen LogP contribution >= 0.6 is 15.9 Å². The van der Waals surface area contributed by atoms with Crippen LogP contribution in [-0.2, 0) is 11.3 Å². The number of carbonyl (C=O) groups excluding carboxylic acids is 1. The highest BCUT2D eigenvalue weighted by Gasteiger charge is 2.13. The number of rotatable bonds is 5. The van der Waals surface area contributed by atoms with Gasteiger partial charge in [0, 0.05) is 17.2 Å². The summed E-state index contributed by atoms with van der Waals surface area (Å²) in [6.07, 6.45) is 1.56. The second kappa shape index (κ2) is 7.08. The minimum atomic E-state index is -0.472. The highest BCUT2D eigenvalue weighted by atomic mass is 79.9. The zero-order valence-electron chi connectivity index (χ0n) is 11.7. The van der Waals surface area contributed by atoms with Gasteiger partial charge >= 0.3 is 5.97 Å². The summed E-state index contributed by atoms with van der Waals surface area (Å²) >= 11 is 3.34. The molecule has 2 aromatic rings. The molecule has 2 rings (SSSR count). The molecule has 0 saturated carbocycles. The van der Waals surface area contributed by atoms with E-state index in [9.17, 15) is 4.79 Å². The van der Waals surface area contributed by atoms with Gasteiger partial charge in [-0.2, -0.15) is 0 Å². The van der Waals surface area contributed by atoms with Gasteiger partial charge in [0.25, 0.3) is 0 Å². The van der Waals surface area contributed by atoms with Crippen LogP contribution in [0, 0.1) is 0 Å². The normalized spacial score (nSPS) is 10.0. The first-order chi connectivity index (χ1) is 10.1.